The van der Waals surface area contributed by atoms with Gasteiger partial charge in [-0.1, -0.05) is 18.9 Å². The first-order valence-corrected chi connectivity index (χ1v) is 7.39. The Morgan fingerprint density at radius 1 is 1.11 bits per heavy atom. The molecule has 0 saturated heterocycles. The SMILES string of the molecule is COc1cccc(OCCCCCCNC2CC2)c1. The van der Waals surface area contributed by atoms with Gasteiger partial charge in [-0.3, -0.25) is 0 Å². The molecular weight excluding hydrogens is 238 g/mol. The predicted octanol–water partition coefficient (Wildman–Crippen LogP) is 3.39. The Morgan fingerprint density at radius 2 is 1.89 bits per heavy atom. The van der Waals surface area contributed by atoms with Gasteiger partial charge < -0.3 is 14.8 Å². The van der Waals surface area contributed by atoms with Crippen LogP contribution in [0.5, 0.6) is 11.5 Å². The van der Waals surface area contributed by atoms with Crippen molar-refractivity contribution in [2.24, 2.45) is 0 Å². The van der Waals surface area contributed by atoms with Crippen LogP contribution in [0.3, 0.4) is 0 Å². The number of nitrogens with one attached hydrogen (secondary N) is 1. The average Bonchev–Trinajstić information content (AvgIpc) is 3.26. The van der Waals surface area contributed by atoms with Crippen molar-refractivity contribution in [2.45, 2.75) is 44.6 Å². The number of unbranched alkanes of at least 4 members (excludes halogenated alkanes) is 3. The molecule has 0 heterocycles. The highest BCUT2D eigenvalue weighted by atomic mass is 16.5. The van der Waals surface area contributed by atoms with Crippen LogP contribution in [-0.2, 0) is 0 Å². The molecule has 0 bridgehead atoms. The minimum Gasteiger partial charge on any atom is -0.497 e. The molecule has 0 amide bonds. The van der Waals surface area contributed by atoms with E-state index in [1.165, 1.54) is 38.6 Å². The lowest BCUT2D eigenvalue weighted by atomic mass is 10.2. The Hall–Kier alpha value is -1.22. The molecule has 106 valence electrons. The minimum absolute atomic E-state index is 0.795. The molecule has 1 aliphatic rings. The Bertz CT molecular complexity index is 364. The molecule has 2 rings (SSSR count). The van der Waals surface area contributed by atoms with E-state index in [0.717, 1.165) is 30.6 Å². The molecule has 0 aromatic heterocycles. The fourth-order valence-corrected chi connectivity index (χ4v) is 2.06. The topological polar surface area (TPSA) is 30.5 Å². The van der Waals surface area contributed by atoms with Crippen LogP contribution in [0.2, 0.25) is 0 Å². The van der Waals surface area contributed by atoms with Crippen molar-refractivity contribution in [3.05, 3.63) is 24.3 Å². The summed E-state index contributed by atoms with van der Waals surface area (Å²) in [4.78, 5) is 0. The van der Waals surface area contributed by atoms with Crippen molar-refractivity contribution < 1.29 is 9.47 Å². The molecule has 1 N–H and O–H groups in total. The van der Waals surface area contributed by atoms with Gasteiger partial charge in [0.1, 0.15) is 11.5 Å². The first kappa shape index (κ1) is 14.2. The van der Waals surface area contributed by atoms with Gasteiger partial charge in [-0.25, -0.2) is 0 Å². The summed E-state index contributed by atoms with van der Waals surface area (Å²) in [7, 11) is 1.68. The molecule has 1 saturated carbocycles. The minimum atomic E-state index is 0.795. The van der Waals surface area contributed by atoms with Crippen molar-refractivity contribution in [2.75, 3.05) is 20.3 Å². The van der Waals surface area contributed by atoms with E-state index in [1.54, 1.807) is 7.11 Å². The van der Waals surface area contributed by atoms with E-state index >= 15 is 0 Å². The molecule has 1 aromatic carbocycles. The smallest absolute Gasteiger partial charge is 0.122 e. The summed E-state index contributed by atoms with van der Waals surface area (Å²) < 4.78 is 10.9. The monoisotopic (exact) mass is 263 g/mol. The first-order chi connectivity index (χ1) is 9.38. The quantitative estimate of drug-likeness (QED) is 0.656. The molecule has 19 heavy (non-hydrogen) atoms. The van der Waals surface area contributed by atoms with Crippen LogP contribution < -0.4 is 14.8 Å². The third-order valence-electron chi connectivity index (χ3n) is 3.39. The summed E-state index contributed by atoms with van der Waals surface area (Å²) in [6.07, 6.45) is 7.72. The number of ether oxygens (including phenoxy) is 2. The van der Waals surface area contributed by atoms with E-state index in [9.17, 15) is 0 Å². The summed E-state index contributed by atoms with van der Waals surface area (Å²) in [5, 5.41) is 3.54. The van der Waals surface area contributed by atoms with Crippen molar-refractivity contribution in [1.29, 1.82) is 0 Å². The number of hydrogen-bond donors (Lipinski definition) is 1. The summed E-state index contributed by atoms with van der Waals surface area (Å²) in [6, 6.07) is 8.63. The first-order valence-electron chi connectivity index (χ1n) is 7.39. The molecule has 3 nitrogen and oxygen atoms in total. The van der Waals surface area contributed by atoms with Gasteiger partial charge in [0.15, 0.2) is 0 Å². The van der Waals surface area contributed by atoms with Gasteiger partial charge in [0.25, 0.3) is 0 Å². The zero-order valence-electron chi connectivity index (χ0n) is 11.9. The summed E-state index contributed by atoms with van der Waals surface area (Å²) >= 11 is 0. The molecule has 3 heteroatoms. The molecule has 1 aromatic rings. The second-order valence-corrected chi connectivity index (χ2v) is 5.17. The van der Waals surface area contributed by atoms with Crippen molar-refractivity contribution in [3.8, 4) is 11.5 Å². The molecular formula is C16H25NO2. The Balaban J connectivity index is 1.46. The fraction of sp³-hybridized carbons (Fsp3) is 0.625. The Kier molecular flexibility index (Phi) is 6.02. The van der Waals surface area contributed by atoms with Gasteiger partial charge in [0, 0.05) is 12.1 Å². The summed E-state index contributed by atoms with van der Waals surface area (Å²) in [5.74, 6) is 1.75. The zero-order chi connectivity index (χ0) is 13.3. The molecule has 1 aliphatic carbocycles. The highest BCUT2D eigenvalue weighted by Gasteiger charge is 2.19. The lowest BCUT2D eigenvalue weighted by Gasteiger charge is -2.07. The maximum absolute atomic E-state index is 5.71. The van der Waals surface area contributed by atoms with E-state index in [2.05, 4.69) is 5.32 Å². The van der Waals surface area contributed by atoms with E-state index in [0.29, 0.717) is 0 Å². The number of methoxy groups -OCH3 is 1. The molecule has 0 radical (unpaired) electrons. The maximum atomic E-state index is 5.71. The predicted molar refractivity (Wildman–Crippen MR) is 78.0 cm³/mol. The van der Waals surface area contributed by atoms with Crippen LogP contribution in [0, 0.1) is 0 Å². The zero-order valence-corrected chi connectivity index (χ0v) is 11.9. The molecule has 0 unspecified atom stereocenters. The van der Waals surface area contributed by atoms with Crippen molar-refractivity contribution >= 4 is 0 Å². The Morgan fingerprint density at radius 3 is 2.68 bits per heavy atom. The summed E-state index contributed by atoms with van der Waals surface area (Å²) in [6.45, 7) is 1.98. The fourth-order valence-electron chi connectivity index (χ4n) is 2.06. The highest BCUT2D eigenvalue weighted by molar-refractivity contribution is 5.32. The molecule has 1 fully saturated rings. The largest absolute Gasteiger partial charge is 0.497 e. The molecule has 0 atom stereocenters. The Labute approximate surface area is 116 Å². The van der Waals surface area contributed by atoms with Gasteiger partial charge in [-0.2, -0.15) is 0 Å². The van der Waals surface area contributed by atoms with Crippen LogP contribution in [0.4, 0.5) is 0 Å². The van der Waals surface area contributed by atoms with Gasteiger partial charge in [0.2, 0.25) is 0 Å². The summed E-state index contributed by atoms with van der Waals surface area (Å²) in [5.41, 5.74) is 0. The second kappa shape index (κ2) is 8.05. The standard InChI is InChI=1S/C16H25NO2/c1-18-15-7-6-8-16(13-15)19-12-5-3-2-4-11-17-14-9-10-14/h6-8,13-14,17H,2-5,9-12H2,1H3. The van der Waals surface area contributed by atoms with Crippen LogP contribution >= 0.6 is 0 Å². The highest BCUT2D eigenvalue weighted by Crippen LogP contribution is 2.19. The van der Waals surface area contributed by atoms with Crippen LogP contribution in [0.15, 0.2) is 24.3 Å². The normalized spacial score (nSPS) is 14.4. The van der Waals surface area contributed by atoms with Gasteiger partial charge in [0.05, 0.1) is 13.7 Å². The van der Waals surface area contributed by atoms with Crippen molar-refractivity contribution in [3.63, 3.8) is 0 Å². The number of benzene rings is 1. The van der Waals surface area contributed by atoms with E-state index in [4.69, 9.17) is 9.47 Å². The van der Waals surface area contributed by atoms with E-state index in [1.807, 2.05) is 24.3 Å². The van der Waals surface area contributed by atoms with Crippen molar-refractivity contribution in [1.82, 2.24) is 5.32 Å². The average molecular weight is 263 g/mol. The lowest BCUT2D eigenvalue weighted by molar-refractivity contribution is 0.302. The van der Waals surface area contributed by atoms with Gasteiger partial charge in [-0.15, -0.1) is 0 Å². The lowest BCUT2D eigenvalue weighted by Crippen LogP contribution is -2.17. The number of rotatable bonds is 10. The van der Waals surface area contributed by atoms with Crippen LogP contribution in [0.1, 0.15) is 38.5 Å². The van der Waals surface area contributed by atoms with E-state index < -0.39 is 0 Å². The van der Waals surface area contributed by atoms with Crippen LogP contribution in [0.25, 0.3) is 0 Å². The second-order valence-electron chi connectivity index (χ2n) is 5.17. The van der Waals surface area contributed by atoms with Gasteiger partial charge >= 0.3 is 0 Å². The molecule has 0 aliphatic heterocycles. The van der Waals surface area contributed by atoms with E-state index in [-0.39, 0.29) is 0 Å². The third-order valence-corrected chi connectivity index (χ3v) is 3.39. The van der Waals surface area contributed by atoms with Gasteiger partial charge in [-0.05, 0) is 44.4 Å². The number of hydrogen-bond acceptors (Lipinski definition) is 3. The van der Waals surface area contributed by atoms with Crippen LogP contribution in [-0.4, -0.2) is 26.3 Å². The third kappa shape index (κ3) is 5.97. The maximum Gasteiger partial charge on any atom is 0.122 e. The molecule has 0 spiro atoms.